The van der Waals surface area contributed by atoms with Gasteiger partial charge in [-0.2, -0.15) is 0 Å². The zero-order chi connectivity index (χ0) is 15.7. The lowest BCUT2D eigenvalue weighted by Crippen LogP contribution is -2.10. The first kappa shape index (κ1) is 15.8. The van der Waals surface area contributed by atoms with Gasteiger partial charge in [-0.1, -0.05) is 11.6 Å². The van der Waals surface area contributed by atoms with Crippen molar-refractivity contribution in [1.29, 1.82) is 0 Å². The van der Waals surface area contributed by atoms with E-state index in [1.54, 1.807) is 13.8 Å². The number of anilines is 1. The van der Waals surface area contributed by atoms with Gasteiger partial charge in [0.25, 0.3) is 0 Å². The second-order valence-corrected chi connectivity index (χ2v) is 5.43. The number of hydrogen-bond donors (Lipinski definition) is 1. The minimum Gasteiger partial charge on any atom is -0.461 e. The molecule has 0 saturated carbocycles. The topological polar surface area (TPSA) is 70.1 Å². The lowest BCUT2D eigenvalue weighted by Gasteiger charge is -2.12. The number of aromatic nitrogens is 2. The second kappa shape index (κ2) is 6.03. The first-order valence-electron chi connectivity index (χ1n) is 6.03. The van der Waals surface area contributed by atoms with Crippen molar-refractivity contribution < 1.29 is 13.9 Å². The van der Waals surface area contributed by atoms with E-state index in [1.807, 2.05) is 0 Å². The van der Waals surface area contributed by atoms with E-state index in [9.17, 15) is 9.18 Å². The van der Waals surface area contributed by atoms with Crippen LogP contribution in [0.4, 0.5) is 10.2 Å². The summed E-state index contributed by atoms with van der Waals surface area (Å²) in [5, 5.41) is 0.143. The lowest BCUT2D eigenvalue weighted by molar-refractivity contribution is 0.0521. The van der Waals surface area contributed by atoms with Crippen molar-refractivity contribution in [2.45, 2.75) is 13.8 Å². The van der Waals surface area contributed by atoms with E-state index >= 15 is 0 Å². The minimum absolute atomic E-state index is 0.00152. The molecule has 2 rings (SSSR count). The monoisotopic (exact) mass is 375 g/mol. The molecule has 2 N–H and O–H groups in total. The van der Waals surface area contributed by atoms with Crippen molar-refractivity contribution in [2.75, 3.05) is 12.3 Å². The number of carbonyl (C=O) groups is 1. The Kier molecular flexibility index (Phi) is 4.53. The van der Waals surface area contributed by atoms with Crippen LogP contribution < -0.4 is 5.73 Å². The van der Waals surface area contributed by atoms with E-state index in [-0.39, 0.29) is 23.1 Å². The standard InChI is InChI=1S/C13H12BrClFN3O2/c1-3-21-13(20)10-12(17)19(6(2)18-10)11-8(14)4-7(16)5-9(11)15/h4-5H,3,17H2,1-2H3. The first-order valence-corrected chi connectivity index (χ1v) is 7.20. The molecule has 0 aliphatic heterocycles. The maximum atomic E-state index is 13.3. The molecule has 5 nitrogen and oxygen atoms in total. The zero-order valence-corrected chi connectivity index (χ0v) is 13.6. The molecule has 0 aliphatic rings. The molecular formula is C13H12BrClFN3O2. The molecule has 0 saturated heterocycles. The summed E-state index contributed by atoms with van der Waals surface area (Å²) in [5.41, 5.74) is 6.38. The molecule has 0 radical (unpaired) electrons. The number of hydrogen-bond acceptors (Lipinski definition) is 4. The van der Waals surface area contributed by atoms with Gasteiger partial charge in [0.1, 0.15) is 17.5 Å². The summed E-state index contributed by atoms with van der Waals surface area (Å²) >= 11 is 9.31. The summed E-state index contributed by atoms with van der Waals surface area (Å²) in [7, 11) is 0. The number of nitrogen functional groups attached to an aromatic ring is 1. The molecule has 1 aromatic carbocycles. The number of benzene rings is 1. The first-order chi connectivity index (χ1) is 9.86. The Hall–Kier alpha value is -1.60. The Balaban J connectivity index is 2.64. The molecule has 0 fully saturated rings. The van der Waals surface area contributed by atoms with Crippen molar-refractivity contribution in [1.82, 2.24) is 9.55 Å². The Labute approximate surface area is 134 Å². The highest BCUT2D eigenvalue weighted by Gasteiger charge is 2.23. The predicted octanol–water partition coefficient (Wildman–Crippen LogP) is 3.49. The molecule has 0 spiro atoms. The molecule has 0 bridgehead atoms. The van der Waals surface area contributed by atoms with Crippen LogP contribution in [-0.4, -0.2) is 22.1 Å². The van der Waals surface area contributed by atoms with Crippen molar-refractivity contribution in [3.05, 3.63) is 39.0 Å². The summed E-state index contributed by atoms with van der Waals surface area (Å²) in [4.78, 5) is 15.9. The van der Waals surface area contributed by atoms with E-state index < -0.39 is 11.8 Å². The summed E-state index contributed by atoms with van der Waals surface area (Å²) in [6.07, 6.45) is 0. The van der Waals surface area contributed by atoms with E-state index in [2.05, 4.69) is 20.9 Å². The third kappa shape index (κ3) is 2.89. The highest BCUT2D eigenvalue weighted by atomic mass is 79.9. The zero-order valence-electron chi connectivity index (χ0n) is 11.3. The highest BCUT2D eigenvalue weighted by molar-refractivity contribution is 9.10. The van der Waals surface area contributed by atoms with Gasteiger partial charge in [-0.15, -0.1) is 0 Å². The summed E-state index contributed by atoms with van der Waals surface area (Å²) in [6.45, 7) is 3.56. The smallest absolute Gasteiger partial charge is 0.360 e. The molecule has 8 heteroatoms. The summed E-state index contributed by atoms with van der Waals surface area (Å²) < 4.78 is 20.1. The predicted molar refractivity (Wildman–Crippen MR) is 81.3 cm³/mol. The number of ether oxygens (including phenoxy) is 1. The number of rotatable bonds is 3. The number of aryl methyl sites for hydroxylation is 1. The molecule has 112 valence electrons. The van der Waals surface area contributed by atoms with Crippen LogP contribution in [0.3, 0.4) is 0 Å². The Morgan fingerprint density at radius 2 is 2.24 bits per heavy atom. The van der Waals surface area contributed by atoms with Crippen LogP contribution in [0.25, 0.3) is 5.69 Å². The Bertz CT molecular complexity index is 695. The Morgan fingerprint density at radius 1 is 1.57 bits per heavy atom. The van der Waals surface area contributed by atoms with E-state index in [1.165, 1.54) is 10.6 Å². The van der Waals surface area contributed by atoms with E-state index in [4.69, 9.17) is 22.1 Å². The quantitative estimate of drug-likeness (QED) is 0.833. The van der Waals surface area contributed by atoms with Crippen LogP contribution in [0.1, 0.15) is 23.2 Å². The molecule has 0 atom stereocenters. The van der Waals surface area contributed by atoms with Gasteiger partial charge in [0.15, 0.2) is 5.69 Å². The van der Waals surface area contributed by atoms with Gasteiger partial charge < -0.3 is 10.5 Å². The van der Waals surface area contributed by atoms with E-state index in [0.717, 1.165) is 6.07 Å². The summed E-state index contributed by atoms with van der Waals surface area (Å²) in [6, 6.07) is 2.41. The number of nitrogens with two attached hydrogens (primary N) is 1. The number of halogens is 3. The maximum Gasteiger partial charge on any atom is 0.360 e. The largest absolute Gasteiger partial charge is 0.461 e. The fourth-order valence-corrected chi connectivity index (χ4v) is 2.94. The van der Waals surface area contributed by atoms with Gasteiger partial charge in [0.2, 0.25) is 0 Å². The van der Waals surface area contributed by atoms with E-state index in [0.29, 0.717) is 16.0 Å². The fourth-order valence-electron chi connectivity index (χ4n) is 1.93. The lowest BCUT2D eigenvalue weighted by atomic mass is 10.3. The van der Waals surface area contributed by atoms with Gasteiger partial charge in [-0.25, -0.2) is 14.2 Å². The van der Waals surface area contributed by atoms with Crippen LogP contribution in [-0.2, 0) is 4.74 Å². The van der Waals surface area contributed by atoms with Crippen LogP contribution in [0, 0.1) is 12.7 Å². The molecular weight excluding hydrogens is 365 g/mol. The van der Waals surface area contributed by atoms with Gasteiger partial charge in [0, 0.05) is 4.47 Å². The van der Waals surface area contributed by atoms with Crippen molar-refractivity contribution in [2.24, 2.45) is 0 Å². The molecule has 0 unspecified atom stereocenters. The molecule has 0 aliphatic carbocycles. The number of esters is 1. The van der Waals surface area contributed by atoms with Crippen LogP contribution in [0.2, 0.25) is 5.02 Å². The van der Waals surface area contributed by atoms with Crippen molar-refractivity contribution >= 4 is 39.3 Å². The average molecular weight is 377 g/mol. The average Bonchev–Trinajstić information content (AvgIpc) is 2.66. The number of imidazole rings is 1. The van der Waals surface area contributed by atoms with Gasteiger partial charge in [0.05, 0.1) is 17.3 Å². The van der Waals surface area contributed by atoms with Gasteiger partial charge >= 0.3 is 5.97 Å². The third-order valence-corrected chi connectivity index (χ3v) is 3.65. The normalized spacial score (nSPS) is 10.7. The van der Waals surface area contributed by atoms with Crippen LogP contribution in [0.5, 0.6) is 0 Å². The molecule has 21 heavy (non-hydrogen) atoms. The Morgan fingerprint density at radius 3 is 2.81 bits per heavy atom. The fraction of sp³-hybridized carbons (Fsp3) is 0.231. The third-order valence-electron chi connectivity index (χ3n) is 2.75. The molecule has 1 aromatic heterocycles. The molecule has 2 aromatic rings. The van der Waals surface area contributed by atoms with Crippen molar-refractivity contribution in [3.8, 4) is 5.69 Å². The highest BCUT2D eigenvalue weighted by Crippen LogP contribution is 2.33. The minimum atomic E-state index is -0.619. The SMILES string of the molecule is CCOC(=O)c1nc(C)n(-c2c(Cl)cc(F)cc2Br)c1N. The number of nitrogens with zero attached hydrogens (tertiary/aromatic N) is 2. The molecule has 1 heterocycles. The van der Waals surface area contributed by atoms with Crippen LogP contribution in [0.15, 0.2) is 16.6 Å². The van der Waals surface area contributed by atoms with Crippen LogP contribution >= 0.6 is 27.5 Å². The number of carbonyl (C=O) groups excluding carboxylic acids is 1. The van der Waals surface area contributed by atoms with Gasteiger partial charge in [-0.05, 0) is 41.9 Å². The van der Waals surface area contributed by atoms with Crippen molar-refractivity contribution in [3.63, 3.8) is 0 Å². The van der Waals surface area contributed by atoms with Gasteiger partial charge in [-0.3, -0.25) is 4.57 Å². The summed E-state index contributed by atoms with van der Waals surface area (Å²) in [5.74, 6) is -0.589. The second-order valence-electron chi connectivity index (χ2n) is 4.17. The molecule has 0 amide bonds. The maximum absolute atomic E-state index is 13.3.